The Labute approximate surface area is 128 Å². The van der Waals surface area contributed by atoms with Gasteiger partial charge in [0.15, 0.2) is 0 Å². The highest BCUT2D eigenvalue weighted by Gasteiger charge is 2.11. The van der Waals surface area contributed by atoms with Crippen LogP contribution >= 0.6 is 11.6 Å². The zero-order chi connectivity index (χ0) is 14.7. The van der Waals surface area contributed by atoms with Crippen LogP contribution in [0, 0.1) is 0 Å². The van der Waals surface area contributed by atoms with Crippen LogP contribution in [0.5, 0.6) is 5.75 Å². The van der Waals surface area contributed by atoms with Crippen molar-refractivity contribution in [3.05, 3.63) is 54.1 Å². The first-order valence-electron chi connectivity index (χ1n) is 6.80. The average Bonchev–Trinajstić information content (AvgIpc) is 2.86. The van der Waals surface area contributed by atoms with Gasteiger partial charge in [0, 0.05) is 30.8 Å². The summed E-state index contributed by atoms with van der Waals surface area (Å²) in [6.45, 7) is 0.726. The lowest BCUT2D eigenvalue weighted by atomic mass is 10.2. The van der Waals surface area contributed by atoms with E-state index < -0.39 is 0 Å². The van der Waals surface area contributed by atoms with E-state index in [4.69, 9.17) is 16.3 Å². The van der Waals surface area contributed by atoms with E-state index in [1.165, 1.54) is 0 Å². The fourth-order valence-corrected chi connectivity index (χ4v) is 2.57. The van der Waals surface area contributed by atoms with Crippen LogP contribution in [0.25, 0.3) is 11.0 Å². The molecule has 4 nitrogen and oxygen atoms in total. The lowest BCUT2D eigenvalue weighted by Gasteiger charge is -2.09. The number of methoxy groups -OCH3 is 1. The third kappa shape index (κ3) is 2.85. The minimum atomic E-state index is 0.549. The SMILES string of the molecule is COc1ccc2nc(CCCl)n(Cc3cccnc3)c2c1. The number of hydrogen-bond donors (Lipinski definition) is 0. The van der Waals surface area contributed by atoms with E-state index in [0.29, 0.717) is 5.88 Å². The van der Waals surface area contributed by atoms with Gasteiger partial charge in [-0.25, -0.2) is 4.98 Å². The molecule has 0 aliphatic carbocycles. The Hall–Kier alpha value is -2.07. The predicted molar refractivity (Wildman–Crippen MR) is 84.0 cm³/mol. The van der Waals surface area contributed by atoms with Crippen LogP contribution in [-0.2, 0) is 13.0 Å². The van der Waals surface area contributed by atoms with Gasteiger partial charge in [-0.3, -0.25) is 4.98 Å². The summed E-state index contributed by atoms with van der Waals surface area (Å²) in [6.07, 6.45) is 4.38. The van der Waals surface area contributed by atoms with E-state index >= 15 is 0 Å². The molecule has 0 radical (unpaired) electrons. The number of alkyl halides is 1. The second-order valence-corrected chi connectivity index (χ2v) is 5.15. The summed E-state index contributed by atoms with van der Waals surface area (Å²) in [6, 6.07) is 9.91. The number of fused-ring (bicyclic) bond motifs is 1. The van der Waals surface area contributed by atoms with Crippen LogP contribution < -0.4 is 4.74 Å². The van der Waals surface area contributed by atoms with Crippen molar-refractivity contribution in [1.82, 2.24) is 14.5 Å². The molecule has 0 spiro atoms. The van der Waals surface area contributed by atoms with Crippen molar-refractivity contribution in [1.29, 1.82) is 0 Å². The maximum absolute atomic E-state index is 5.91. The van der Waals surface area contributed by atoms with Gasteiger partial charge < -0.3 is 9.30 Å². The van der Waals surface area contributed by atoms with E-state index in [9.17, 15) is 0 Å². The zero-order valence-electron chi connectivity index (χ0n) is 11.8. The van der Waals surface area contributed by atoms with Crippen molar-refractivity contribution in [2.45, 2.75) is 13.0 Å². The van der Waals surface area contributed by atoms with Gasteiger partial charge in [0.1, 0.15) is 11.6 Å². The number of pyridine rings is 1. The van der Waals surface area contributed by atoms with E-state index in [0.717, 1.165) is 41.1 Å². The third-order valence-corrected chi connectivity index (χ3v) is 3.61. The first kappa shape index (κ1) is 13.9. The number of imidazole rings is 1. The normalized spacial score (nSPS) is 11.0. The molecule has 2 heterocycles. The molecule has 0 unspecified atom stereocenters. The number of halogens is 1. The predicted octanol–water partition coefficient (Wildman–Crippen LogP) is 3.27. The van der Waals surface area contributed by atoms with Crippen LogP contribution in [0.2, 0.25) is 0 Å². The van der Waals surface area contributed by atoms with Crippen LogP contribution in [0.3, 0.4) is 0 Å². The molecule has 21 heavy (non-hydrogen) atoms. The summed E-state index contributed by atoms with van der Waals surface area (Å²) in [5, 5.41) is 0. The fraction of sp³-hybridized carbons (Fsp3) is 0.250. The van der Waals surface area contributed by atoms with Gasteiger partial charge in [-0.05, 0) is 23.8 Å². The number of aryl methyl sites for hydroxylation is 1. The Morgan fingerprint density at radius 3 is 2.90 bits per heavy atom. The standard InChI is InChI=1S/C16H16ClN3O/c1-21-13-4-5-14-15(9-13)20(16(19-14)6-7-17)11-12-3-2-8-18-10-12/h2-5,8-10H,6-7,11H2,1H3. The topological polar surface area (TPSA) is 39.9 Å². The van der Waals surface area contributed by atoms with Crippen molar-refractivity contribution in [2.24, 2.45) is 0 Å². The van der Waals surface area contributed by atoms with E-state index in [-0.39, 0.29) is 0 Å². The molecule has 2 aromatic heterocycles. The van der Waals surface area contributed by atoms with Crippen molar-refractivity contribution in [3.63, 3.8) is 0 Å². The molecular formula is C16H16ClN3O. The van der Waals surface area contributed by atoms with Crippen LogP contribution in [0.1, 0.15) is 11.4 Å². The maximum atomic E-state index is 5.91. The molecular weight excluding hydrogens is 286 g/mol. The van der Waals surface area contributed by atoms with Crippen LogP contribution in [0.15, 0.2) is 42.7 Å². The molecule has 0 bridgehead atoms. The highest BCUT2D eigenvalue weighted by atomic mass is 35.5. The lowest BCUT2D eigenvalue weighted by molar-refractivity contribution is 0.415. The van der Waals surface area contributed by atoms with Crippen molar-refractivity contribution >= 4 is 22.6 Å². The summed E-state index contributed by atoms with van der Waals surface area (Å²) in [7, 11) is 1.67. The molecule has 3 aromatic rings. The summed E-state index contributed by atoms with van der Waals surface area (Å²) >= 11 is 5.91. The molecule has 0 N–H and O–H groups in total. The van der Waals surface area contributed by atoms with Gasteiger partial charge in [-0.2, -0.15) is 0 Å². The Balaban J connectivity index is 2.10. The van der Waals surface area contributed by atoms with Gasteiger partial charge in [-0.1, -0.05) is 6.07 Å². The van der Waals surface area contributed by atoms with Gasteiger partial charge in [0.25, 0.3) is 0 Å². The summed E-state index contributed by atoms with van der Waals surface area (Å²) < 4.78 is 7.50. The molecule has 5 heteroatoms. The maximum Gasteiger partial charge on any atom is 0.121 e. The number of rotatable bonds is 5. The minimum Gasteiger partial charge on any atom is -0.497 e. The first-order valence-corrected chi connectivity index (χ1v) is 7.33. The molecule has 0 atom stereocenters. The molecule has 0 amide bonds. The second-order valence-electron chi connectivity index (χ2n) is 4.77. The molecule has 108 valence electrons. The van der Waals surface area contributed by atoms with Gasteiger partial charge in [0.05, 0.1) is 24.7 Å². The Kier molecular flexibility index (Phi) is 4.06. The molecule has 1 aromatic carbocycles. The monoisotopic (exact) mass is 301 g/mol. The van der Waals surface area contributed by atoms with E-state index in [1.54, 1.807) is 13.3 Å². The largest absolute Gasteiger partial charge is 0.497 e. The average molecular weight is 302 g/mol. The quantitative estimate of drug-likeness (QED) is 0.679. The molecule has 0 saturated heterocycles. The highest BCUT2D eigenvalue weighted by Crippen LogP contribution is 2.23. The number of aromatic nitrogens is 3. The Morgan fingerprint density at radius 1 is 1.29 bits per heavy atom. The Morgan fingerprint density at radius 2 is 2.19 bits per heavy atom. The number of ether oxygens (including phenoxy) is 1. The van der Waals surface area contributed by atoms with Crippen molar-refractivity contribution < 1.29 is 4.74 Å². The smallest absolute Gasteiger partial charge is 0.121 e. The van der Waals surface area contributed by atoms with Crippen molar-refractivity contribution in [2.75, 3.05) is 13.0 Å². The van der Waals surface area contributed by atoms with E-state index in [2.05, 4.69) is 20.6 Å². The molecule has 0 saturated carbocycles. The summed E-state index contributed by atoms with van der Waals surface area (Å²) in [5.74, 6) is 2.36. The van der Waals surface area contributed by atoms with Crippen LogP contribution in [0.4, 0.5) is 0 Å². The molecule has 3 rings (SSSR count). The van der Waals surface area contributed by atoms with Gasteiger partial charge in [0.2, 0.25) is 0 Å². The lowest BCUT2D eigenvalue weighted by Crippen LogP contribution is -2.06. The molecule has 0 aliphatic rings. The number of nitrogens with zero attached hydrogens (tertiary/aromatic N) is 3. The fourth-order valence-electron chi connectivity index (χ4n) is 2.41. The van der Waals surface area contributed by atoms with Gasteiger partial charge >= 0.3 is 0 Å². The Bertz CT molecular complexity index is 740. The third-order valence-electron chi connectivity index (χ3n) is 3.42. The highest BCUT2D eigenvalue weighted by molar-refractivity contribution is 6.17. The molecule has 0 fully saturated rings. The summed E-state index contributed by atoms with van der Waals surface area (Å²) in [4.78, 5) is 8.85. The second kappa shape index (κ2) is 6.14. The first-order chi connectivity index (χ1) is 10.3. The summed E-state index contributed by atoms with van der Waals surface area (Å²) in [5.41, 5.74) is 3.15. The van der Waals surface area contributed by atoms with E-state index in [1.807, 2.05) is 30.5 Å². The number of hydrogen-bond acceptors (Lipinski definition) is 3. The zero-order valence-corrected chi connectivity index (χ0v) is 12.5. The minimum absolute atomic E-state index is 0.549. The number of benzene rings is 1. The molecule has 0 aliphatic heterocycles. The van der Waals surface area contributed by atoms with Crippen LogP contribution in [-0.4, -0.2) is 27.5 Å². The van der Waals surface area contributed by atoms with Gasteiger partial charge in [-0.15, -0.1) is 11.6 Å². The van der Waals surface area contributed by atoms with Crippen molar-refractivity contribution in [3.8, 4) is 5.75 Å².